The summed E-state index contributed by atoms with van der Waals surface area (Å²) in [6, 6.07) is 19.3. The average Bonchev–Trinajstić information content (AvgIpc) is 2.82. The SMILES string of the molecule is CCNC(=NCC1CCCCN1Cc1ccccc1)NCC1CC(=O)Nc2ccccc21.I. The zero-order valence-electron chi connectivity index (χ0n) is 19.4. The summed E-state index contributed by atoms with van der Waals surface area (Å²) in [5, 5.41) is 9.86. The monoisotopic (exact) mass is 561 g/mol. The molecule has 0 spiro atoms. The predicted molar refractivity (Wildman–Crippen MR) is 146 cm³/mol. The van der Waals surface area contributed by atoms with E-state index in [1.807, 2.05) is 18.2 Å². The Hall–Kier alpha value is -2.13. The second-order valence-electron chi connectivity index (χ2n) is 8.74. The minimum Gasteiger partial charge on any atom is -0.357 e. The van der Waals surface area contributed by atoms with Crippen LogP contribution in [0.1, 0.15) is 49.7 Å². The van der Waals surface area contributed by atoms with Crippen molar-refractivity contribution in [1.82, 2.24) is 15.5 Å². The van der Waals surface area contributed by atoms with Crippen LogP contribution >= 0.6 is 24.0 Å². The number of halogens is 1. The molecule has 0 radical (unpaired) electrons. The first-order valence-electron chi connectivity index (χ1n) is 11.9. The van der Waals surface area contributed by atoms with Gasteiger partial charge >= 0.3 is 0 Å². The Morgan fingerprint density at radius 1 is 1.09 bits per heavy atom. The number of piperidine rings is 1. The first kappa shape index (κ1) is 25.5. The maximum atomic E-state index is 12.1. The molecule has 3 N–H and O–H groups in total. The fourth-order valence-electron chi connectivity index (χ4n) is 4.74. The average molecular weight is 562 g/mol. The van der Waals surface area contributed by atoms with Crippen molar-refractivity contribution < 1.29 is 4.79 Å². The molecule has 2 aromatic rings. The minimum atomic E-state index is 0. The molecule has 1 fully saturated rings. The highest BCUT2D eigenvalue weighted by molar-refractivity contribution is 14.0. The Bertz CT molecular complexity index is 920. The van der Waals surface area contributed by atoms with Gasteiger partial charge in [0.1, 0.15) is 0 Å². The van der Waals surface area contributed by atoms with Gasteiger partial charge in [0.2, 0.25) is 5.91 Å². The molecular formula is C26H36IN5O. The van der Waals surface area contributed by atoms with E-state index in [9.17, 15) is 4.79 Å². The van der Waals surface area contributed by atoms with Gasteiger partial charge in [0.05, 0.1) is 6.54 Å². The molecule has 1 amide bonds. The van der Waals surface area contributed by atoms with Crippen molar-refractivity contribution in [2.24, 2.45) is 4.99 Å². The third kappa shape index (κ3) is 7.17. The Balaban J connectivity index is 0.00000306. The molecule has 2 unspecified atom stereocenters. The summed E-state index contributed by atoms with van der Waals surface area (Å²) in [4.78, 5) is 19.7. The molecule has 0 aliphatic carbocycles. The smallest absolute Gasteiger partial charge is 0.225 e. The van der Waals surface area contributed by atoms with E-state index in [0.717, 1.165) is 37.8 Å². The minimum absolute atomic E-state index is 0. The molecular weight excluding hydrogens is 525 g/mol. The fraction of sp³-hybridized carbons (Fsp3) is 0.462. The van der Waals surface area contributed by atoms with Crippen LogP contribution < -0.4 is 16.0 Å². The summed E-state index contributed by atoms with van der Waals surface area (Å²) in [6.45, 7) is 6.49. The number of rotatable bonds is 7. The van der Waals surface area contributed by atoms with Crippen molar-refractivity contribution in [1.29, 1.82) is 0 Å². The number of guanidine groups is 1. The van der Waals surface area contributed by atoms with E-state index < -0.39 is 0 Å². The maximum Gasteiger partial charge on any atom is 0.225 e. The van der Waals surface area contributed by atoms with Gasteiger partial charge in [-0.3, -0.25) is 14.7 Å². The van der Waals surface area contributed by atoms with E-state index in [1.165, 1.54) is 30.4 Å². The zero-order chi connectivity index (χ0) is 22.2. The highest BCUT2D eigenvalue weighted by Crippen LogP contribution is 2.31. The third-order valence-electron chi connectivity index (χ3n) is 6.40. The van der Waals surface area contributed by atoms with Gasteiger partial charge in [-0.15, -0.1) is 24.0 Å². The number of amides is 1. The number of para-hydroxylation sites is 1. The molecule has 178 valence electrons. The number of likely N-dealkylation sites (tertiary alicyclic amines) is 1. The molecule has 0 aromatic heterocycles. The number of hydrogen-bond acceptors (Lipinski definition) is 3. The van der Waals surface area contributed by atoms with E-state index in [2.05, 4.69) is 64.2 Å². The van der Waals surface area contributed by atoms with Crippen molar-refractivity contribution in [3.8, 4) is 0 Å². The van der Waals surface area contributed by atoms with Crippen molar-refractivity contribution in [2.75, 3.05) is 31.5 Å². The van der Waals surface area contributed by atoms with E-state index in [0.29, 0.717) is 19.0 Å². The van der Waals surface area contributed by atoms with Crippen LogP contribution in [0.3, 0.4) is 0 Å². The number of nitrogens with zero attached hydrogens (tertiary/aromatic N) is 2. The zero-order valence-corrected chi connectivity index (χ0v) is 21.8. The molecule has 4 rings (SSSR count). The normalized spacial score (nSPS) is 20.9. The molecule has 6 nitrogen and oxygen atoms in total. The van der Waals surface area contributed by atoms with Crippen molar-refractivity contribution in [3.05, 3.63) is 65.7 Å². The van der Waals surface area contributed by atoms with Crippen LogP contribution in [-0.4, -0.2) is 49.0 Å². The van der Waals surface area contributed by atoms with Crippen LogP contribution in [0.4, 0.5) is 5.69 Å². The van der Waals surface area contributed by atoms with Gasteiger partial charge in [0.15, 0.2) is 5.96 Å². The topological polar surface area (TPSA) is 68.8 Å². The second-order valence-corrected chi connectivity index (χ2v) is 8.74. The summed E-state index contributed by atoms with van der Waals surface area (Å²) >= 11 is 0. The van der Waals surface area contributed by atoms with Gasteiger partial charge in [0, 0.05) is 43.7 Å². The lowest BCUT2D eigenvalue weighted by atomic mass is 9.90. The van der Waals surface area contributed by atoms with Crippen LogP contribution in [0.5, 0.6) is 0 Å². The van der Waals surface area contributed by atoms with Gasteiger partial charge in [-0.25, -0.2) is 0 Å². The number of anilines is 1. The Kier molecular flexibility index (Phi) is 9.99. The summed E-state index contributed by atoms with van der Waals surface area (Å²) in [6.07, 6.45) is 4.21. The standard InChI is InChI=1S/C26H35N5O.HI/c1-2-27-26(28-17-21-16-25(32)30-24-14-7-6-13-23(21)24)29-18-22-12-8-9-15-31(22)19-20-10-4-3-5-11-20;/h3-7,10-11,13-14,21-22H,2,8-9,12,15-19H2,1H3,(H,30,32)(H2,27,28,29);1H. The summed E-state index contributed by atoms with van der Waals surface area (Å²) in [5.41, 5.74) is 3.48. The Morgan fingerprint density at radius 2 is 1.88 bits per heavy atom. The quantitative estimate of drug-likeness (QED) is 0.267. The van der Waals surface area contributed by atoms with E-state index in [4.69, 9.17) is 4.99 Å². The first-order valence-corrected chi connectivity index (χ1v) is 11.9. The van der Waals surface area contributed by atoms with Gasteiger partial charge in [-0.1, -0.05) is 55.0 Å². The van der Waals surface area contributed by atoms with Crippen molar-refractivity contribution >= 4 is 41.5 Å². The molecule has 1 saturated heterocycles. The molecule has 2 heterocycles. The number of benzene rings is 2. The molecule has 0 saturated carbocycles. The summed E-state index contributed by atoms with van der Waals surface area (Å²) < 4.78 is 0. The van der Waals surface area contributed by atoms with Crippen molar-refractivity contribution in [3.63, 3.8) is 0 Å². The van der Waals surface area contributed by atoms with Gasteiger partial charge < -0.3 is 16.0 Å². The molecule has 7 heteroatoms. The van der Waals surface area contributed by atoms with Gasteiger partial charge in [0.25, 0.3) is 0 Å². The predicted octanol–water partition coefficient (Wildman–Crippen LogP) is 4.34. The highest BCUT2D eigenvalue weighted by Gasteiger charge is 2.25. The highest BCUT2D eigenvalue weighted by atomic mass is 127. The second kappa shape index (κ2) is 12.9. The third-order valence-corrected chi connectivity index (χ3v) is 6.40. The molecule has 2 aliphatic heterocycles. The number of nitrogens with one attached hydrogen (secondary N) is 3. The van der Waals surface area contributed by atoms with Gasteiger partial charge in [-0.05, 0) is 43.5 Å². The molecule has 2 aromatic carbocycles. The lowest BCUT2D eigenvalue weighted by molar-refractivity contribution is -0.116. The van der Waals surface area contributed by atoms with E-state index in [-0.39, 0.29) is 35.8 Å². The van der Waals surface area contributed by atoms with Crippen LogP contribution in [-0.2, 0) is 11.3 Å². The number of carbonyl (C=O) groups is 1. The largest absolute Gasteiger partial charge is 0.357 e. The lowest BCUT2D eigenvalue weighted by Gasteiger charge is -2.35. The van der Waals surface area contributed by atoms with Gasteiger partial charge in [-0.2, -0.15) is 0 Å². The van der Waals surface area contributed by atoms with Crippen LogP contribution in [0, 0.1) is 0 Å². The molecule has 0 bridgehead atoms. The van der Waals surface area contributed by atoms with Crippen LogP contribution in [0.25, 0.3) is 0 Å². The first-order chi connectivity index (χ1) is 15.7. The van der Waals surface area contributed by atoms with Crippen LogP contribution in [0.15, 0.2) is 59.6 Å². The summed E-state index contributed by atoms with van der Waals surface area (Å²) in [7, 11) is 0. The van der Waals surface area contributed by atoms with E-state index >= 15 is 0 Å². The number of hydrogen-bond donors (Lipinski definition) is 3. The number of fused-ring (bicyclic) bond motifs is 1. The number of aliphatic imine (C=N–C) groups is 1. The molecule has 2 aliphatic rings. The summed E-state index contributed by atoms with van der Waals surface area (Å²) in [5.74, 6) is 1.06. The maximum absolute atomic E-state index is 12.1. The fourth-order valence-corrected chi connectivity index (χ4v) is 4.74. The Labute approximate surface area is 214 Å². The molecule has 33 heavy (non-hydrogen) atoms. The lowest BCUT2D eigenvalue weighted by Crippen LogP contribution is -2.44. The Morgan fingerprint density at radius 3 is 2.70 bits per heavy atom. The number of carbonyl (C=O) groups excluding carboxylic acids is 1. The van der Waals surface area contributed by atoms with Crippen LogP contribution in [0.2, 0.25) is 0 Å². The van der Waals surface area contributed by atoms with Crippen molar-refractivity contribution in [2.45, 2.75) is 51.1 Å². The molecule has 2 atom stereocenters. The van der Waals surface area contributed by atoms with E-state index in [1.54, 1.807) is 0 Å².